The first kappa shape index (κ1) is 19.3. The first-order valence-electron chi connectivity index (χ1n) is 9.64. The van der Waals surface area contributed by atoms with Gasteiger partial charge in [0, 0.05) is 36.7 Å². The number of anilines is 1. The summed E-state index contributed by atoms with van der Waals surface area (Å²) >= 11 is 0. The number of halogens is 1. The number of rotatable bonds is 6. The summed E-state index contributed by atoms with van der Waals surface area (Å²) in [6.45, 7) is 2.26. The van der Waals surface area contributed by atoms with Crippen molar-refractivity contribution in [3.8, 4) is 0 Å². The number of carbonyl (C=O) groups is 1. The Hall–Kier alpha value is -3.00. The number of nitrogens with one attached hydrogen (secondary N) is 1. The Labute approximate surface area is 167 Å². The summed E-state index contributed by atoms with van der Waals surface area (Å²) in [6, 6.07) is 11.1. The van der Waals surface area contributed by atoms with Crippen LogP contribution in [0.2, 0.25) is 0 Å². The lowest BCUT2D eigenvalue weighted by Gasteiger charge is -2.27. The Morgan fingerprint density at radius 3 is 2.59 bits per heavy atom. The van der Waals surface area contributed by atoms with E-state index in [9.17, 15) is 19.3 Å². The van der Waals surface area contributed by atoms with Crippen molar-refractivity contribution in [3.63, 3.8) is 0 Å². The fraction of sp³-hybridized carbons (Fsp3) is 0.381. The highest BCUT2D eigenvalue weighted by molar-refractivity contribution is 5.95. The summed E-state index contributed by atoms with van der Waals surface area (Å²) in [6.07, 6.45) is 1.64. The monoisotopic (exact) mass is 399 g/mol. The Kier molecular flexibility index (Phi) is 5.19. The molecule has 152 valence electrons. The van der Waals surface area contributed by atoms with Crippen molar-refractivity contribution in [2.24, 2.45) is 0 Å². The number of nitrogens with zero attached hydrogens (tertiary/aromatic N) is 2. The van der Waals surface area contributed by atoms with E-state index in [1.807, 2.05) is 0 Å². The van der Waals surface area contributed by atoms with Crippen LogP contribution in [0.25, 0.3) is 0 Å². The van der Waals surface area contributed by atoms with E-state index in [0.717, 1.165) is 12.8 Å². The zero-order valence-corrected chi connectivity index (χ0v) is 15.9. The average Bonchev–Trinajstić information content (AvgIpc) is 3.53. The first-order chi connectivity index (χ1) is 14.0. The molecule has 0 unspecified atom stereocenters. The molecular formula is C21H22FN3O4. The van der Waals surface area contributed by atoms with Crippen molar-refractivity contribution in [2.45, 2.75) is 18.3 Å². The number of benzene rings is 2. The van der Waals surface area contributed by atoms with E-state index in [1.54, 1.807) is 35.2 Å². The summed E-state index contributed by atoms with van der Waals surface area (Å²) in [7, 11) is 0. The number of carbonyl (C=O) groups excluding carboxylic acids is 1. The standard InChI is InChI=1S/C21H22FN3O4/c22-17-4-2-1-3-16(17)21(7-8-21)14-23-18-6-5-15(13-19(18)25(27)28)20(26)24-9-11-29-12-10-24/h1-6,13,23H,7-12,14H2. The van der Waals surface area contributed by atoms with E-state index in [-0.39, 0.29) is 28.4 Å². The molecule has 2 aliphatic rings. The summed E-state index contributed by atoms with van der Waals surface area (Å²) in [5.74, 6) is -0.499. The molecule has 1 saturated heterocycles. The number of hydrogen-bond acceptors (Lipinski definition) is 5. The fourth-order valence-electron chi connectivity index (χ4n) is 3.76. The van der Waals surface area contributed by atoms with Crippen molar-refractivity contribution in [3.05, 3.63) is 69.5 Å². The SMILES string of the molecule is O=C(c1ccc(NCC2(c3ccccc3F)CC2)c([N+](=O)[O-])c1)N1CCOCC1. The van der Waals surface area contributed by atoms with Gasteiger partial charge in [-0.3, -0.25) is 14.9 Å². The predicted octanol–water partition coefficient (Wildman–Crippen LogP) is 3.35. The molecule has 1 amide bonds. The normalized spacial score (nSPS) is 17.6. The van der Waals surface area contributed by atoms with Crippen molar-refractivity contribution in [2.75, 3.05) is 38.2 Å². The van der Waals surface area contributed by atoms with E-state index < -0.39 is 4.92 Å². The minimum Gasteiger partial charge on any atom is -0.379 e. The molecule has 0 bridgehead atoms. The van der Waals surface area contributed by atoms with E-state index in [1.165, 1.54) is 12.1 Å². The molecule has 2 aromatic carbocycles. The van der Waals surface area contributed by atoms with E-state index >= 15 is 0 Å². The second-order valence-electron chi connectivity index (χ2n) is 7.51. The molecule has 2 fully saturated rings. The van der Waals surface area contributed by atoms with Crippen LogP contribution in [0, 0.1) is 15.9 Å². The molecule has 0 aromatic heterocycles. The lowest BCUT2D eigenvalue weighted by molar-refractivity contribution is -0.384. The summed E-state index contributed by atoms with van der Waals surface area (Å²) in [5.41, 5.74) is 0.736. The minimum absolute atomic E-state index is 0.159. The van der Waals surface area contributed by atoms with E-state index in [2.05, 4.69) is 5.32 Å². The van der Waals surface area contributed by atoms with E-state index in [4.69, 9.17) is 4.74 Å². The van der Waals surface area contributed by atoms with Gasteiger partial charge in [0.2, 0.25) is 0 Å². The van der Waals surface area contributed by atoms with Crippen molar-refractivity contribution >= 4 is 17.3 Å². The lowest BCUT2D eigenvalue weighted by Crippen LogP contribution is -2.40. The maximum atomic E-state index is 14.2. The van der Waals surface area contributed by atoms with Crippen LogP contribution in [0.5, 0.6) is 0 Å². The van der Waals surface area contributed by atoms with Gasteiger partial charge in [0.25, 0.3) is 11.6 Å². The van der Waals surface area contributed by atoms with Gasteiger partial charge in [0.1, 0.15) is 11.5 Å². The zero-order valence-electron chi connectivity index (χ0n) is 15.9. The van der Waals surface area contributed by atoms with Crippen LogP contribution < -0.4 is 5.32 Å². The van der Waals surface area contributed by atoms with Crippen LogP contribution in [0.4, 0.5) is 15.8 Å². The maximum Gasteiger partial charge on any atom is 0.293 e. The average molecular weight is 399 g/mol. The summed E-state index contributed by atoms with van der Waals surface area (Å²) in [4.78, 5) is 25.4. The van der Waals surface area contributed by atoms with Gasteiger partial charge in [0.15, 0.2) is 0 Å². The van der Waals surface area contributed by atoms with Crippen LogP contribution in [0.3, 0.4) is 0 Å². The number of amides is 1. The van der Waals surface area contributed by atoms with Crippen LogP contribution in [0.1, 0.15) is 28.8 Å². The highest BCUT2D eigenvalue weighted by atomic mass is 19.1. The smallest absolute Gasteiger partial charge is 0.293 e. The molecule has 1 N–H and O–H groups in total. The Balaban J connectivity index is 1.53. The molecule has 1 aliphatic carbocycles. The molecule has 8 heteroatoms. The van der Waals surface area contributed by atoms with Gasteiger partial charge in [-0.15, -0.1) is 0 Å². The summed E-state index contributed by atoms with van der Waals surface area (Å²) < 4.78 is 19.4. The van der Waals surface area contributed by atoms with Gasteiger partial charge in [-0.05, 0) is 36.6 Å². The van der Waals surface area contributed by atoms with Crippen molar-refractivity contribution in [1.29, 1.82) is 0 Å². The molecule has 0 spiro atoms. The molecule has 1 heterocycles. The topological polar surface area (TPSA) is 84.7 Å². The second kappa shape index (κ2) is 7.79. The molecule has 1 saturated carbocycles. The lowest BCUT2D eigenvalue weighted by atomic mass is 9.95. The molecule has 1 aliphatic heterocycles. The molecule has 2 aromatic rings. The number of nitro benzene ring substituents is 1. The van der Waals surface area contributed by atoms with Gasteiger partial charge < -0.3 is 15.0 Å². The third-order valence-corrected chi connectivity index (χ3v) is 5.66. The molecule has 4 rings (SSSR count). The van der Waals surface area contributed by atoms with Crippen LogP contribution in [-0.4, -0.2) is 48.6 Å². The maximum absolute atomic E-state index is 14.2. The first-order valence-corrected chi connectivity index (χ1v) is 9.64. The minimum atomic E-state index is -0.499. The van der Waals surface area contributed by atoms with Crippen molar-refractivity contribution < 1.29 is 18.8 Å². The molecule has 29 heavy (non-hydrogen) atoms. The largest absolute Gasteiger partial charge is 0.379 e. The van der Waals surface area contributed by atoms with Gasteiger partial charge in [-0.2, -0.15) is 0 Å². The quantitative estimate of drug-likeness (QED) is 0.595. The van der Waals surface area contributed by atoms with Crippen molar-refractivity contribution in [1.82, 2.24) is 4.90 Å². The number of morpholine rings is 1. The Morgan fingerprint density at radius 1 is 1.21 bits per heavy atom. The van der Waals surface area contributed by atoms with E-state index in [0.29, 0.717) is 44.1 Å². The molecule has 0 atom stereocenters. The van der Waals surface area contributed by atoms with Gasteiger partial charge in [-0.25, -0.2) is 4.39 Å². The Bertz CT molecular complexity index is 939. The number of ether oxygens (including phenoxy) is 1. The van der Waals surface area contributed by atoms with Crippen LogP contribution >= 0.6 is 0 Å². The predicted molar refractivity (Wildman–Crippen MR) is 106 cm³/mol. The van der Waals surface area contributed by atoms with Crippen LogP contribution in [0.15, 0.2) is 42.5 Å². The summed E-state index contributed by atoms with van der Waals surface area (Å²) in [5, 5.41) is 14.7. The zero-order chi connectivity index (χ0) is 20.4. The molecule has 7 nitrogen and oxygen atoms in total. The van der Waals surface area contributed by atoms with Crippen LogP contribution in [-0.2, 0) is 10.2 Å². The molecular weight excluding hydrogens is 377 g/mol. The highest BCUT2D eigenvalue weighted by Gasteiger charge is 2.45. The fourth-order valence-corrected chi connectivity index (χ4v) is 3.76. The van der Waals surface area contributed by atoms with Gasteiger partial charge in [0.05, 0.1) is 18.1 Å². The number of hydrogen-bond donors (Lipinski definition) is 1. The second-order valence-corrected chi connectivity index (χ2v) is 7.51. The van der Waals surface area contributed by atoms with Gasteiger partial charge >= 0.3 is 0 Å². The highest BCUT2D eigenvalue weighted by Crippen LogP contribution is 2.49. The number of nitro groups is 1. The third-order valence-electron chi connectivity index (χ3n) is 5.66. The third kappa shape index (κ3) is 3.93. The van der Waals surface area contributed by atoms with Gasteiger partial charge in [-0.1, -0.05) is 18.2 Å². The Morgan fingerprint density at radius 2 is 1.93 bits per heavy atom. The molecule has 0 radical (unpaired) electrons.